The predicted molar refractivity (Wildman–Crippen MR) is 75.8 cm³/mol. The van der Waals surface area contributed by atoms with Crippen molar-refractivity contribution in [2.24, 2.45) is 12.8 Å². The number of carbonyl (C=O) groups excluding carboxylic acids is 1. The molecule has 1 atom stereocenters. The van der Waals surface area contributed by atoms with Gasteiger partial charge in [0.15, 0.2) is 5.82 Å². The third-order valence-electron chi connectivity index (χ3n) is 2.93. The molecule has 0 aliphatic rings. The molecule has 3 N–H and O–H groups in total. The highest BCUT2D eigenvalue weighted by Crippen LogP contribution is 2.01. The Bertz CT molecular complexity index is 552. The van der Waals surface area contributed by atoms with E-state index in [-0.39, 0.29) is 5.91 Å². The van der Waals surface area contributed by atoms with Gasteiger partial charge in [-0.05, 0) is 12.0 Å². The summed E-state index contributed by atoms with van der Waals surface area (Å²) in [7, 11) is 1.81. The zero-order chi connectivity index (χ0) is 14.4. The molecule has 106 valence electrons. The van der Waals surface area contributed by atoms with Crippen LogP contribution in [0.5, 0.6) is 0 Å². The Morgan fingerprint density at radius 2 is 2.15 bits per heavy atom. The van der Waals surface area contributed by atoms with E-state index in [1.807, 2.05) is 37.4 Å². The molecule has 20 heavy (non-hydrogen) atoms. The fourth-order valence-corrected chi connectivity index (χ4v) is 1.89. The lowest BCUT2D eigenvalue weighted by atomic mass is 10.1. The third-order valence-corrected chi connectivity index (χ3v) is 2.93. The van der Waals surface area contributed by atoms with Gasteiger partial charge in [0, 0.05) is 20.0 Å². The van der Waals surface area contributed by atoms with Gasteiger partial charge in [0.2, 0.25) is 5.91 Å². The van der Waals surface area contributed by atoms with Gasteiger partial charge in [0.25, 0.3) is 0 Å². The highest BCUT2D eigenvalue weighted by Gasteiger charge is 2.13. The van der Waals surface area contributed by atoms with Crippen molar-refractivity contribution in [1.29, 1.82) is 0 Å². The molecule has 0 spiro atoms. The molecule has 0 saturated carbocycles. The maximum Gasteiger partial charge on any atom is 0.237 e. The molecule has 0 saturated heterocycles. The number of aromatic nitrogens is 3. The van der Waals surface area contributed by atoms with Crippen molar-refractivity contribution in [2.45, 2.75) is 18.9 Å². The minimum Gasteiger partial charge on any atom is -0.354 e. The number of nitrogens with one attached hydrogen (secondary N) is 1. The lowest BCUT2D eigenvalue weighted by Crippen LogP contribution is -2.42. The number of nitrogens with zero attached hydrogens (tertiary/aromatic N) is 3. The van der Waals surface area contributed by atoms with Crippen molar-refractivity contribution < 1.29 is 4.79 Å². The fraction of sp³-hybridized carbons (Fsp3) is 0.357. The van der Waals surface area contributed by atoms with Gasteiger partial charge in [-0.15, -0.1) is 0 Å². The van der Waals surface area contributed by atoms with Crippen LogP contribution >= 0.6 is 0 Å². The van der Waals surface area contributed by atoms with Gasteiger partial charge in [-0.2, -0.15) is 5.10 Å². The summed E-state index contributed by atoms with van der Waals surface area (Å²) in [6.07, 6.45) is 2.78. The van der Waals surface area contributed by atoms with Gasteiger partial charge >= 0.3 is 0 Å². The van der Waals surface area contributed by atoms with Crippen LogP contribution in [0, 0.1) is 0 Å². The summed E-state index contributed by atoms with van der Waals surface area (Å²) in [5, 5.41) is 6.95. The van der Waals surface area contributed by atoms with Crippen LogP contribution in [0.1, 0.15) is 11.4 Å². The van der Waals surface area contributed by atoms with E-state index in [4.69, 9.17) is 5.73 Å². The van der Waals surface area contributed by atoms with Gasteiger partial charge < -0.3 is 11.1 Å². The first-order chi connectivity index (χ1) is 9.65. The average Bonchev–Trinajstić information content (AvgIpc) is 2.85. The quantitative estimate of drug-likeness (QED) is 0.778. The van der Waals surface area contributed by atoms with Crippen LogP contribution in [0.2, 0.25) is 0 Å². The Hall–Kier alpha value is -2.21. The second-order valence-corrected chi connectivity index (χ2v) is 4.67. The number of aryl methyl sites for hydroxylation is 1. The predicted octanol–water partition coefficient (Wildman–Crippen LogP) is 0.0438. The van der Waals surface area contributed by atoms with Crippen molar-refractivity contribution in [2.75, 3.05) is 6.54 Å². The second-order valence-electron chi connectivity index (χ2n) is 4.67. The molecule has 6 heteroatoms. The van der Waals surface area contributed by atoms with Crippen LogP contribution < -0.4 is 11.1 Å². The van der Waals surface area contributed by atoms with Crippen LogP contribution in [0.4, 0.5) is 0 Å². The smallest absolute Gasteiger partial charge is 0.237 e. The van der Waals surface area contributed by atoms with Gasteiger partial charge in [-0.3, -0.25) is 9.48 Å². The number of hydrogen-bond acceptors (Lipinski definition) is 4. The molecule has 1 aromatic carbocycles. The van der Waals surface area contributed by atoms with Crippen LogP contribution in [0.25, 0.3) is 0 Å². The molecule has 0 fully saturated rings. The minimum absolute atomic E-state index is 0.148. The molecule has 0 aliphatic carbocycles. The van der Waals surface area contributed by atoms with E-state index in [0.29, 0.717) is 25.2 Å². The van der Waals surface area contributed by atoms with E-state index in [1.165, 1.54) is 0 Å². The van der Waals surface area contributed by atoms with E-state index in [0.717, 1.165) is 5.56 Å². The summed E-state index contributed by atoms with van der Waals surface area (Å²) in [6.45, 7) is 0.491. The number of amides is 1. The van der Waals surface area contributed by atoms with Crippen molar-refractivity contribution in [3.8, 4) is 0 Å². The van der Waals surface area contributed by atoms with Crippen LogP contribution in [-0.4, -0.2) is 33.3 Å². The van der Waals surface area contributed by atoms with Gasteiger partial charge in [-0.25, -0.2) is 4.98 Å². The molecule has 0 aliphatic heterocycles. The summed E-state index contributed by atoms with van der Waals surface area (Å²) >= 11 is 0. The first-order valence-corrected chi connectivity index (χ1v) is 6.57. The molecule has 6 nitrogen and oxygen atoms in total. The number of nitrogens with two attached hydrogens (primary N) is 1. The SMILES string of the molecule is Cn1cnc(CCNC(=O)[C@@H](N)Cc2ccccc2)n1. The first kappa shape index (κ1) is 14.2. The monoisotopic (exact) mass is 273 g/mol. The number of carbonyl (C=O) groups is 1. The summed E-state index contributed by atoms with van der Waals surface area (Å²) in [5.74, 6) is 0.564. The van der Waals surface area contributed by atoms with E-state index >= 15 is 0 Å². The Balaban J connectivity index is 1.74. The Kier molecular flexibility index (Phi) is 4.84. The molecule has 1 heterocycles. The zero-order valence-electron chi connectivity index (χ0n) is 11.5. The minimum atomic E-state index is -0.533. The molecule has 0 bridgehead atoms. The number of rotatable bonds is 6. The molecule has 1 amide bonds. The summed E-state index contributed by atoms with van der Waals surface area (Å²) < 4.78 is 1.64. The largest absolute Gasteiger partial charge is 0.354 e. The van der Waals surface area contributed by atoms with Crippen molar-refractivity contribution >= 4 is 5.91 Å². The summed E-state index contributed by atoms with van der Waals surface area (Å²) in [6, 6.07) is 9.21. The second kappa shape index (κ2) is 6.81. The molecular formula is C14H19N5O. The average molecular weight is 273 g/mol. The summed E-state index contributed by atoms with van der Waals surface area (Å²) in [4.78, 5) is 16.0. The molecule has 1 aromatic heterocycles. The molecule has 0 unspecified atom stereocenters. The van der Waals surface area contributed by atoms with Gasteiger partial charge in [0.05, 0.1) is 6.04 Å². The molecule has 2 aromatic rings. The van der Waals surface area contributed by atoms with Gasteiger partial charge in [-0.1, -0.05) is 30.3 Å². The van der Waals surface area contributed by atoms with Crippen molar-refractivity contribution in [3.63, 3.8) is 0 Å². The molecule has 2 rings (SSSR count). The van der Waals surface area contributed by atoms with E-state index in [2.05, 4.69) is 15.4 Å². The lowest BCUT2D eigenvalue weighted by molar-refractivity contribution is -0.122. The Labute approximate surface area is 118 Å². The molecular weight excluding hydrogens is 254 g/mol. The topological polar surface area (TPSA) is 85.8 Å². The van der Waals surface area contributed by atoms with Gasteiger partial charge in [0.1, 0.15) is 6.33 Å². The standard InChI is InChI=1S/C14H19N5O/c1-19-10-17-13(18-19)7-8-16-14(20)12(15)9-11-5-3-2-4-6-11/h2-6,10,12H,7-9,15H2,1H3,(H,16,20)/t12-/m0/s1. The van der Waals surface area contributed by atoms with Crippen LogP contribution in [0.3, 0.4) is 0 Å². The van der Waals surface area contributed by atoms with Crippen LogP contribution in [-0.2, 0) is 24.7 Å². The molecule has 0 radical (unpaired) electrons. The first-order valence-electron chi connectivity index (χ1n) is 6.57. The fourth-order valence-electron chi connectivity index (χ4n) is 1.89. The van der Waals surface area contributed by atoms with Crippen molar-refractivity contribution in [3.05, 3.63) is 48.0 Å². The third kappa shape index (κ3) is 4.17. The lowest BCUT2D eigenvalue weighted by Gasteiger charge is -2.11. The van der Waals surface area contributed by atoms with E-state index in [1.54, 1.807) is 11.0 Å². The number of benzene rings is 1. The van der Waals surface area contributed by atoms with E-state index < -0.39 is 6.04 Å². The Morgan fingerprint density at radius 3 is 2.80 bits per heavy atom. The highest BCUT2D eigenvalue weighted by atomic mass is 16.2. The Morgan fingerprint density at radius 1 is 1.40 bits per heavy atom. The highest BCUT2D eigenvalue weighted by molar-refractivity contribution is 5.81. The maximum atomic E-state index is 11.9. The normalized spacial score (nSPS) is 12.1. The zero-order valence-corrected chi connectivity index (χ0v) is 11.5. The summed E-state index contributed by atoms with van der Waals surface area (Å²) in [5.41, 5.74) is 6.94. The van der Waals surface area contributed by atoms with Crippen molar-refractivity contribution in [1.82, 2.24) is 20.1 Å². The van der Waals surface area contributed by atoms with E-state index in [9.17, 15) is 4.79 Å². The maximum absolute atomic E-state index is 11.9. The number of hydrogen-bond donors (Lipinski definition) is 2. The van der Waals surface area contributed by atoms with Crippen LogP contribution in [0.15, 0.2) is 36.7 Å².